The Morgan fingerprint density at radius 2 is 1.40 bits per heavy atom. The zero-order chi connectivity index (χ0) is 30.8. The number of nitriles is 1. The van der Waals surface area contributed by atoms with Gasteiger partial charge in [0.05, 0.1) is 23.5 Å². The van der Waals surface area contributed by atoms with Gasteiger partial charge >= 0.3 is 0 Å². The van der Waals surface area contributed by atoms with Gasteiger partial charge in [0.1, 0.15) is 17.3 Å². The van der Waals surface area contributed by atoms with Gasteiger partial charge < -0.3 is 4.74 Å². The zero-order valence-corrected chi connectivity index (χ0v) is 24.4. The molecule has 0 spiro atoms. The highest BCUT2D eigenvalue weighted by molar-refractivity contribution is 6.08. The second-order valence-corrected chi connectivity index (χ2v) is 11.0. The fourth-order valence-electron chi connectivity index (χ4n) is 6.09. The Hall–Kier alpha value is -6.12. The van der Waals surface area contributed by atoms with Crippen molar-refractivity contribution in [3.63, 3.8) is 0 Å². The molecule has 2 unspecified atom stereocenters. The minimum Gasteiger partial charge on any atom is -0.459 e. The lowest BCUT2D eigenvalue weighted by Gasteiger charge is -2.26. The largest absolute Gasteiger partial charge is 0.459 e. The van der Waals surface area contributed by atoms with E-state index in [2.05, 4.69) is 54.2 Å². The molecule has 1 aliphatic carbocycles. The van der Waals surface area contributed by atoms with E-state index >= 15 is 0 Å². The van der Waals surface area contributed by atoms with Gasteiger partial charge in [-0.1, -0.05) is 115 Å². The molecule has 45 heavy (non-hydrogen) atoms. The predicted molar refractivity (Wildman–Crippen MR) is 182 cm³/mol. The van der Waals surface area contributed by atoms with E-state index in [4.69, 9.17) is 9.73 Å². The molecule has 7 rings (SSSR count). The summed E-state index contributed by atoms with van der Waals surface area (Å²) < 4.78 is 6.89. The number of fused-ring (bicyclic) bond motifs is 3. The van der Waals surface area contributed by atoms with Gasteiger partial charge in [-0.2, -0.15) is 5.26 Å². The van der Waals surface area contributed by atoms with Crippen molar-refractivity contribution in [3.8, 4) is 34.1 Å². The normalized spacial score (nSPS) is 16.7. The number of allylic oxidation sites excluding steroid dienone is 3. The molecule has 0 bridgehead atoms. The van der Waals surface area contributed by atoms with Crippen molar-refractivity contribution in [2.45, 2.75) is 5.92 Å². The van der Waals surface area contributed by atoms with Crippen LogP contribution in [0.4, 0.5) is 0 Å². The highest BCUT2D eigenvalue weighted by Crippen LogP contribution is 2.55. The summed E-state index contributed by atoms with van der Waals surface area (Å²) in [7, 11) is 0. The van der Waals surface area contributed by atoms with Gasteiger partial charge in [0.25, 0.3) is 0 Å². The van der Waals surface area contributed by atoms with E-state index in [1.165, 1.54) is 0 Å². The average molecular weight is 581 g/mol. The molecule has 1 N–H and O–H groups in total. The molecule has 0 saturated carbocycles. The van der Waals surface area contributed by atoms with Crippen LogP contribution in [0.5, 0.6) is 5.75 Å². The average Bonchev–Trinajstić information content (AvgIpc) is 3.50. The third-order valence-electron chi connectivity index (χ3n) is 8.28. The molecule has 0 aromatic heterocycles. The first-order chi connectivity index (χ1) is 22.1. The zero-order valence-electron chi connectivity index (χ0n) is 24.4. The van der Waals surface area contributed by atoms with Crippen LogP contribution in [0.3, 0.4) is 0 Å². The third kappa shape index (κ3) is 5.20. The molecule has 1 heterocycles. The minimum absolute atomic E-state index is 0.168. The van der Waals surface area contributed by atoms with Crippen LogP contribution in [0.2, 0.25) is 0 Å². The third-order valence-corrected chi connectivity index (χ3v) is 8.28. The molecule has 5 heteroatoms. The maximum absolute atomic E-state index is 9.39. The fraction of sp³-hybridized carbons (Fsp3) is 0.0500. The Morgan fingerprint density at radius 3 is 2.04 bits per heavy atom. The predicted octanol–water partition coefficient (Wildman–Crippen LogP) is 9.09. The highest BCUT2D eigenvalue weighted by atomic mass is 16.5. The lowest BCUT2D eigenvalue weighted by atomic mass is 9.77. The van der Waals surface area contributed by atoms with Gasteiger partial charge in [0.2, 0.25) is 0 Å². The van der Waals surface area contributed by atoms with Crippen molar-refractivity contribution >= 4 is 24.0 Å². The van der Waals surface area contributed by atoms with Gasteiger partial charge in [0.15, 0.2) is 5.84 Å². The Balaban J connectivity index is 1.43. The first-order valence-electron chi connectivity index (χ1n) is 14.7. The second kappa shape index (κ2) is 11.9. The molecule has 0 saturated heterocycles. The SMILES string of the molecule is C=NC(=NC(=N)C1C=CC(c2ccc(C#N)cc2)=C2Oc3c(-c4ccccc4)cc(-c4ccccc4)cc3C21)c1ccccc1. The Bertz CT molecular complexity index is 2050. The lowest BCUT2D eigenvalue weighted by molar-refractivity contribution is 0.420. The molecule has 2 atom stereocenters. The molecule has 2 aliphatic rings. The summed E-state index contributed by atoms with van der Waals surface area (Å²) in [6.45, 7) is 3.74. The summed E-state index contributed by atoms with van der Waals surface area (Å²) in [5.74, 6) is 1.39. The highest BCUT2D eigenvalue weighted by Gasteiger charge is 2.42. The van der Waals surface area contributed by atoms with E-state index in [-0.39, 0.29) is 11.8 Å². The number of nitrogens with zero attached hydrogens (tertiary/aromatic N) is 3. The number of amidine groups is 2. The van der Waals surface area contributed by atoms with Gasteiger partial charge in [-0.05, 0) is 53.2 Å². The molecule has 5 aromatic rings. The van der Waals surface area contributed by atoms with Gasteiger partial charge in [-0.25, -0.2) is 9.98 Å². The van der Waals surface area contributed by atoms with E-state index in [1.54, 1.807) is 0 Å². The number of hydrogen-bond donors (Lipinski definition) is 1. The monoisotopic (exact) mass is 580 g/mol. The number of aliphatic imine (C=N–C) groups is 2. The lowest BCUT2D eigenvalue weighted by Crippen LogP contribution is -2.23. The molecule has 5 aromatic carbocycles. The number of hydrogen-bond acceptors (Lipinski definition) is 3. The van der Waals surface area contributed by atoms with Crippen LogP contribution in [-0.4, -0.2) is 18.4 Å². The van der Waals surface area contributed by atoms with Crippen molar-refractivity contribution in [2.24, 2.45) is 15.9 Å². The van der Waals surface area contributed by atoms with Crippen molar-refractivity contribution in [2.75, 3.05) is 0 Å². The van der Waals surface area contributed by atoms with Crippen molar-refractivity contribution in [1.82, 2.24) is 0 Å². The summed E-state index contributed by atoms with van der Waals surface area (Å²) in [6.07, 6.45) is 4.05. The first-order valence-corrected chi connectivity index (χ1v) is 14.7. The Kier molecular flexibility index (Phi) is 7.31. The molecule has 0 fully saturated rings. The maximum atomic E-state index is 9.39. The van der Waals surface area contributed by atoms with Gasteiger partial charge in [0, 0.05) is 22.3 Å². The minimum atomic E-state index is -0.418. The topological polar surface area (TPSA) is 81.6 Å². The van der Waals surface area contributed by atoms with Crippen LogP contribution in [0.1, 0.15) is 28.2 Å². The Labute approximate surface area is 262 Å². The smallest absolute Gasteiger partial charge is 0.160 e. The molecular formula is C40H28N4O. The van der Waals surface area contributed by atoms with Crippen LogP contribution < -0.4 is 4.74 Å². The molecule has 1 aliphatic heterocycles. The van der Waals surface area contributed by atoms with Crippen molar-refractivity contribution < 1.29 is 4.74 Å². The van der Waals surface area contributed by atoms with E-state index in [0.29, 0.717) is 11.4 Å². The maximum Gasteiger partial charge on any atom is 0.160 e. The number of ether oxygens (including phenoxy) is 1. The van der Waals surface area contributed by atoms with Crippen LogP contribution in [0, 0.1) is 22.7 Å². The number of rotatable bonds is 5. The van der Waals surface area contributed by atoms with E-state index < -0.39 is 5.92 Å². The van der Waals surface area contributed by atoms with E-state index in [0.717, 1.165) is 56.0 Å². The standard InChI is InChI=1S/C40H28N4O/c1-43-40(30-15-9-4-10-16-30)44-39(42)33-22-21-32(29-19-17-26(25-41)18-20-29)38-36(33)35-24-31(27-11-5-2-6-12-27)23-34(37(35)45-38)28-13-7-3-8-14-28/h2-24,33,36,42H,1H2. The first kappa shape index (κ1) is 27.7. The van der Waals surface area contributed by atoms with Crippen LogP contribution in [-0.2, 0) is 0 Å². The van der Waals surface area contributed by atoms with Gasteiger partial charge in [-0.15, -0.1) is 0 Å². The van der Waals surface area contributed by atoms with Crippen LogP contribution >= 0.6 is 0 Å². The number of benzene rings is 5. The van der Waals surface area contributed by atoms with Crippen molar-refractivity contribution in [3.05, 3.63) is 168 Å². The van der Waals surface area contributed by atoms with Crippen LogP contribution in [0.25, 0.3) is 27.8 Å². The summed E-state index contributed by atoms with van der Waals surface area (Å²) in [6, 6.07) is 44.3. The molecule has 5 nitrogen and oxygen atoms in total. The van der Waals surface area contributed by atoms with Gasteiger partial charge in [-0.3, -0.25) is 5.41 Å². The van der Waals surface area contributed by atoms with Crippen molar-refractivity contribution in [1.29, 1.82) is 10.7 Å². The summed E-state index contributed by atoms with van der Waals surface area (Å²) >= 11 is 0. The molecule has 0 radical (unpaired) electrons. The van der Waals surface area contributed by atoms with E-state index in [9.17, 15) is 10.7 Å². The Morgan fingerprint density at radius 1 is 0.756 bits per heavy atom. The molecular weight excluding hydrogens is 552 g/mol. The van der Waals surface area contributed by atoms with E-state index in [1.807, 2.05) is 103 Å². The second-order valence-electron chi connectivity index (χ2n) is 11.0. The number of nitrogens with one attached hydrogen (secondary N) is 1. The molecule has 214 valence electrons. The quantitative estimate of drug-likeness (QED) is 0.166. The summed E-state index contributed by atoms with van der Waals surface area (Å²) in [4.78, 5) is 8.88. The fourth-order valence-corrected chi connectivity index (χ4v) is 6.09. The summed E-state index contributed by atoms with van der Waals surface area (Å²) in [5.41, 5.74) is 8.44. The van der Waals surface area contributed by atoms with Crippen LogP contribution in [0.15, 0.2) is 155 Å². The molecule has 0 amide bonds. The summed E-state index contributed by atoms with van der Waals surface area (Å²) in [5, 5.41) is 18.7.